The summed E-state index contributed by atoms with van der Waals surface area (Å²) in [5.74, 6) is 0. The fourth-order valence-corrected chi connectivity index (χ4v) is 1.89. The molecule has 0 fully saturated rings. The van der Waals surface area contributed by atoms with Crippen LogP contribution in [0.5, 0.6) is 0 Å². The first-order chi connectivity index (χ1) is 8.09. The molecule has 0 spiro atoms. The van der Waals surface area contributed by atoms with Crippen LogP contribution in [0.4, 0.5) is 11.4 Å². The Morgan fingerprint density at radius 1 is 1.12 bits per heavy atom. The molecule has 17 heavy (non-hydrogen) atoms. The molecule has 86 valence electrons. The van der Waals surface area contributed by atoms with Crippen LogP contribution in [0.3, 0.4) is 0 Å². The summed E-state index contributed by atoms with van der Waals surface area (Å²) in [5, 5.41) is 11.0. The lowest BCUT2D eigenvalue weighted by atomic mass is 10.0. The minimum Gasteiger partial charge on any atom is -0.393 e. The minimum absolute atomic E-state index is 0.0465. The number of nitrogens with two attached hydrogens (primary N) is 1. The molecule has 0 aliphatic heterocycles. The molecule has 2 aromatic carbocycles. The van der Waals surface area contributed by atoms with Crippen molar-refractivity contribution in [3.05, 3.63) is 57.1 Å². The lowest BCUT2D eigenvalue weighted by molar-refractivity contribution is -0.383. The van der Waals surface area contributed by atoms with Gasteiger partial charge in [0.2, 0.25) is 0 Å². The highest BCUT2D eigenvalue weighted by Crippen LogP contribution is 2.34. The third kappa shape index (κ3) is 2.29. The van der Waals surface area contributed by atoms with E-state index in [1.54, 1.807) is 12.1 Å². The number of anilines is 1. The average molecular weight is 293 g/mol. The molecular weight excluding hydrogens is 284 g/mol. The van der Waals surface area contributed by atoms with E-state index in [1.807, 2.05) is 24.3 Å². The average Bonchev–Trinajstić information content (AvgIpc) is 2.29. The van der Waals surface area contributed by atoms with E-state index in [1.165, 1.54) is 6.07 Å². The number of hydrogen-bond donors (Lipinski definition) is 1. The molecule has 0 aromatic heterocycles. The van der Waals surface area contributed by atoms with Crippen LogP contribution >= 0.6 is 15.9 Å². The number of nitro benzene ring substituents is 1. The quantitative estimate of drug-likeness (QED) is 0.522. The van der Waals surface area contributed by atoms with Gasteiger partial charge < -0.3 is 5.73 Å². The van der Waals surface area contributed by atoms with Crippen LogP contribution in [-0.4, -0.2) is 4.92 Å². The van der Waals surface area contributed by atoms with Crippen LogP contribution in [0.25, 0.3) is 11.1 Å². The summed E-state index contributed by atoms with van der Waals surface area (Å²) in [5.41, 5.74) is 7.07. The van der Waals surface area contributed by atoms with E-state index in [0.29, 0.717) is 5.56 Å². The van der Waals surface area contributed by atoms with Crippen molar-refractivity contribution in [3.8, 4) is 11.1 Å². The normalized spacial score (nSPS) is 10.2. The van der Waals surface area contributed by atoms with Crippen LogP contribution in [0.15, 0.2) is 46.9 Å². The van der Waals surface area contributed by atoms with Crippen molar-refractivity contribution in [3.63, 3.8) is 0 Å². The molecule has 5 heteroatoms. The third-order valence-corrected chi connectivity index (χ3v) is 2.93. The fourth-order valence-electron chi connectivity index (χ4n) is 1.63. The molecule has 0 bridgehead atoms. The molecule has 4 nitrogen and oxygen atoms in total. The number of benzene rings is 2. The molecule has 2 aromatic rings. The first-order valence-corrected chi connectivity index (χ1v) is 5.67. The smallest absolute Gasteiger partial charge is 0.299 e. The second-order valence-corrected chi connectivity index (χ2v) is 4.42. The van der Waals surface area contributed by atoms with Crippen LogP contribution in [0.2, 0.25) is 0 Å². The standard InChI is InChI=1S/C12H9BrN2O2/c13-9-6-4-8(5-7-9)10-2-1-3-11(14)12(10)15(16)17/h1-7H,14H2. The Labute approximate surface area is 106 Å². The molecule has 0 atom stereocenters. The van der Waals surface area contributed by atoms with Gasteiger partial charge in [0.1, 0.15) is 5.69 Å². The summed E-state index contributed by atoms with van der Waals surface area (Å²) < 4.78 is 0.924. The molecule has 2 rings (SSSR count). The lowest BCUT2D eigenvalue weighted by Gasteiger charge is -2.05. The monoisotopic (exact) mass is 292 g/mol. The Hall–Kier alpha value is -1.88. The predicted octanol–water partition coefficient (Wildman–Crippen LogP) is 3.61. The van der Waals surface area contributed by atoms with Crippen molar-refractivity contribution < 1.29 is 4.92 Å². The molecule has 0 heterocycles. The summed E-state index contributed by atoms with van der Waals surface area (Å²) in [6.45, 7) is 0. The van der Waals surface area contributed by atoms with Gasteiger partial charge in [-0.3, -0.25) is 10.1 Å². The van der Waals surface area contributed by atoms with Gasteiger partial charge in [0.05, 0.1) is 10.5 Å². The molecule has 2 N–H and O–H groups in total. The van der Waals surface area contributed by atoms with Crippen LogP contribution < -0.4 is 5.73 Å². The van der Waals surface area contributed by atoms with Gasteiger partial charge in [0.15, 0.2) is 0 Å². The summed E-state index contributed by atoms with van der Waals surface area (Å²) in [6, 6.07) is 12.2. The summed E-state index contributed by atoms with van der Waals surface area (Å²) in [6.07, 6.45) is 0. The van der Waals surface area contributed by atoms with E-state index >= 15 is 0 Å². The Bertz CT molecular complexity index is 567. The first-order valence-electron chi connectivity index (χ1n) is 4.88. The molecule has 0 aliphatic rings. The summed E-state index contributed by atoms with van der Waals surface area (Å²) in [7, 11) is 0. The zero-order valence-electron chi connectivity index (χ0n) is 8.76. The maximum absolute atomic E-state index is 11.0. The molecular formula is C12H9BrN2O2. The van der Waals surface area contributed by atoms with Gasteiger partial charge in [-0.15, -0.1) is 0 Å². The van der Waals surface area contributed by atoms with Gasteiger partial charge in [0, 0.05) is 4.47 Å². The number of rotatable bonds is 2. The number of halogens is 1. The number of nitrogen functional groups attached to an aromatic ring is 1. The Morgan fingerprint density at radius 2 is 1.76 bits per heavy atom. The van der Waals surface area contributed by atoms with E-state index in [2.05, 4.69) is 15.9 Å². The second kappa shape index (κ2) is 4.55. The van der Waals surface area contributed by atoms with E-state index in [4.69, 9.17) is 5.73 Å². The van der Waals surface area contributed by atoms with Gasteiger partial charge in [-0.2, -0.15) is 0 Å². The minimum atomic E-state index is -0.452. The van der Waals surface area contributed by atoms with Gasteiger partial charge >= 0.3 is 0 Å². The first kappa shape index (κ1) is 11.6. The van der Waals surface area contributed by atoms with Crippen LogP contribution in [0.1, 0.15) is 0 Å². The number of para-hydroxylation sites is 1. The zero-order chi connectivity index (χ0) is 12.4. The predicted molar refractivity (Wildman–Crippen MR) is 70.6 cm³/mol. The third-order valence-electron chi connectivity index (χ3n) is 2.41. The molecule has 0 radical (unpaired) electrons. The highest BCUT2D eigenvalue weighted by molar-refractivity contribution is 9.10. The summed E-state index contributed by atoms with van der Waals surface area (Å²) in [4.78, 5) is 10.5. The Balaban J connectivity index is 2.63. The van der Waals surface area contributed by atoms with Gasteiger partial charge in [-0.05, 0) is 29.8 Å². The van der Waals surface area contributed by atoms with Crippen molar-refractivity contribution in [1.29, 1.82) is 0 Å². The fraction of sp³-hybridized carbons (Fsp3) is 0. The number of nitro groups is 1. The van der Waals surface area contributed by atoms with E-state index < -0.39 is 4.92 Å². The Kier molecular flexibility index (Phi) is 3.10. The van der Waals surface area contributed by atoms with Gasteiger partial charge in [0.25, 0.3) is 5.69 Å². The maximum Gasteiger partial charge on any atom is 0.299 e. The SMILES string of the molecule is Nc1cccc(-c2ccc(Br)cc2)c1[N+](=O)[O-]. The largest absolute Gasteiger partial charge is 0.393 e. The molecule has 0 aliphatic carbocycles. The second-order valence-electron chi connectivity index (χ2n) is 3.51. The van der Waals surface area contributed by atoms with E-state index in [-0.39, 0.29) is 11.4 Å². The Morgan fingerprint density at radius 3 is 2.35 bits per heavy atom. The maximum atomic E-state index is 11.0. The van der Waals surface area contributed by atoms with Crippen molar-refractivity contribution in [1.82, 2.24) is 0 Å². The van der Waals surface area contributed by atoms with Crippen molar-refractivity contribution in [2.75, 3.05) is 5.73 Å². The summed E-state index contributed by atoms with van der Waals surface area (Å²) >= 11 is 3.32. The van der Waals surface area contributed by atoms with Crippen LogP contribution in [0, 0.1) is 10.1 Å². The zero-order valence-corrected chi connectivity index (χ0v) is 10.3. The molecule has 0 saturated carbocycles. The van der Waals surface area contributed by atoms with Gasteiger partial charge in [-0.1, -0.05) is 34.1 Å². The highest BCUT2D eigenvalue weighted by atomic mass is 79.9. The topological polar surface area (TPSA) is 69.2 Å². The van der Waals surface area contributed by atoms with Gasteiger partial charge in [-0.25, -0.2) is 0 Å². The van der Waals surface area contributed by atoms with Crippen molar-refractivity contribution >= 4 is 27.3 Å². The molecule has 0 saturated heterocycles. The van der Waals surface area contributed by atoms with Crippen LogP contribution in [-0.2, 0) is 0 Å². The van der Waals surface area contributed by atoms with E-state index in [0.717, 1.165) is 10.0 Å². The van der Waals surface area contributed by atoms with Crippen molar-refractivity contribution in [2.45, 2.75) is 0 Å². The molecule has 0 amide bonds. The lowest BCUT2D eigenvalue weighted by Crippen LogP contribution is -1.97. The molecule has 0 unspecified atom stereocenters. The number of hydrogen-bond acceptors (Lipinski definition) is 3. The highest BCUT2D eigenvalue weighted by Gasteiger charge is 2.18. The van der Waals surface area contributed by atoms with Crippen molar-refractivity contribution in [2.24, 2.45) is 0 Å². The van der Waals surface area contributed by atoms with E-state index in [9.17, 15) is 10.1 Å². The number of nitrogens with zero attached hydrogens (tertiary/aromatic N) is 1.